The molecule has 37 heavy (non-hydrogen) atoms. The number of anilines is 1. The Hall–Kier alpha value is -3.81. The number of nitrogen functional groups attached to an aromatic ring is 1. The molecule has 198 valence electrons. The largest absolute Gasteiger partial charge is 0.418 e. The van der Waals surface area contributed by atoms with Crippen LogP contribution in [-0.2, 0) is 11.0 Å². The summed E-state index contributed by atoms with van der Waals surface area (Å²) < 4.78 is 72.1. The topological polar surface area (TPSA) is 126 Å². The van der Waals surface area contributed by atoms with E-state index in [2.05, 4.69) is 15.4 Å². The summed E-state index contributed by atoms with van der Waals surface area (Å²) in [7, 11) is 0. The van der Waals surface area contributed by atoms with Crippen LogP contribution in [0.25, 0.3) is 16.8 Å². The molecule has 2 amide bonds. The molecule has 0 aliphatic carbocycles. The minimum atomic E-state index is -4.85. The van der Waals surface area contributed by atoms with E-state index < -0.39 is 64.1 Å². The SMILES string of the molecule is Cc1ccc(-c2cc(C(F)(F)F)c3c(N)ncnn23)c(F)c1C(=O)N[C@@H]1CN(C(=O)C(C)(C)O)C[C@@H]1F. The van der Waals surface area contributed by atoms with Crippen LogP contribution in [0.15, 0.2) is 24.5 Å². The molecule has 1 aliphatic heterocycles. The van der Waals surface area contributed by atoms with E-state index in [1.807, 2.05) is 0 Å². The number of alkyl halides is 4. The second kappa shape index (κ2) is 8.94. The van der Waals surface area contributed by atoms with Crippen molar-refractivity contribution in [1.82, 2.24) is 24.8 Å². The Morgan fingerprint density at radius 3 is 2.51 bits per heavy atom. The molecule has 9 nitrogen and oxygen atoms in total. The molecule has 14 heteroatoms. The lowest BCUT2D eigenvalue weighted by Crippen LogP contribution is -2.46. The molecule has 1 fully saturated rings. The molecular weight excluding hydrogens is 503 g/mol. The Labute approximate surface area is 207 Å². The molecular formula is C23H23F5N6O3. The Morgan fingerprint density at radius 1 is 1.22 bits per heavy atom. The van der Waals surface area contributed by atoms with E-state index in [-0.39, 0.29) is 29.9 Å². The van der Waals surface area contributed by atoms with Gasteiger partial charge in [0.2, 0.25) is 0 Å². The van der Waals surface area contributed by atoms with Gasteiger partial charge in [-0.2, -0.15) is 18.3 Å². The highest BCUT2D eigenvalue weighted by atomic mass is 19.4. The number of aliphatic hydroxyl groups is 1. The van der Waals surface area contributed by atoms with Crippen molar-refractivity contribution >= 4 is 23.1 Å². The fourth-order valence-corrected chi connectivity index (χ4v) is 4.32. The maximum Gasteiger partial charge on any atom is 0.418 e. The quantitative estimate of drug-likeness (QED) is 0.449. The summed E-state index contributed by atoms with van der Waals surface area (Å²) in [6.45, 7) is 3.25. The molecule has 0 spiro atoms. The number of carbonyl (C=O) groups excluding carboxylic acids is 2. The number of amides is 2. The summed E-state index contributed by atoms with van der Waals surface area (Å²) in [5, 5.41) is 16.0. The average Bonchev–Trinajstić information content (AvgIpc) is 3.34. The number of hydrogen-bond donors (Lipinski definition) is 3. The average molecular weight is 526 g/mol. The molecule has 2 aromatic heterocycles. The summed E-state index contributed by atoms with van der Waals surface area (Å²) in [4.78, 5) is 29.9. The van der Waals surface area contributed by atoms with Gasteiger partial charge in [-0.3, -0.25) is 9.59 Å². The number of likely N-dealkylation sites (tertiary alicyclic amines) is 1. The first-order chi connectivity index (χ1) is 17.1. The van der Waals surface area contributed by atoms with Crippen LogP contribution in [0, 0.1) is 12.7 Å². The van der Waals surface area contributed by atoms with E-state index >= 15 is 4.39 Å². The van der Waals surface area contributed by atoms with Crippen LogP contribution in [-0.4, -0.2) is 67.3 Å². The van der Waals surface area contributed by atoms with Crippen LogP contribution in [0.2, 0.25) is 0 Å². The summed E-state index contributed by atoms with van der Waals surface area (Å²) in [5.74, 6) is -3.38. The highest BCUT2D eigenvalue weighted by Crippen LogP contribution is 2.39. The monoisotopic (exact) mass is 526 g/mol. The molecule has 3 heterocycles. The molecule has 0 saturated carbocycles. The third-order valence-corrected chi connectivity index (χ3v) is 6.12. The number of benzene rings is 1. The lowest BCUT2D eigenvalue weighted by molar-refractivity contribution is -0.146. The summed E-state index contributed by atoms with van der Waals surface area (Å²) in [5.41, 5.74) is 1.06. The van der Waals surface area contributed by atoms with E-state index in [1.165, 1.54) is 32.9 Å². The fraction of sp³-hybridized carbons (Fsp3) is 0.391. The Kier molecular flexibility index (Phi) is 6.34. The van der Waals surface area contributed by atoms with Gasteiger partial charge in [0.15, 0.2) is 5.82 Å². The van der Waals surface area contributed by atoms with Crippen molar-refractivity contribution in [2.45, 2.75) is 44.8 Å². The number of aryl methyl sites for hydroxylation is 1. The number of nitrogens with two attached hydrogens (primary N) is 1. The molecule has 2 atom stereocenters. The smallest absolute Gasteiger partial charge is 0.382 e. The van der Waals surface area contributed by atoms with E-state index in [4.69, 9.17) is 5.73 Å². The second-order valence-corrected chi connectivity index (χ2v) is 9.33. The summed E-state index contributed by atoms with van der Waals surface area (Å²) in [6, 6.07) is 1.99. The summed E-state index contributed by atoms with van der Waals surface area (Å²) in [6.07, 6.45) is -5.63. The summed E-state index contributed by atoms with van der Waals surface area (Å²) >= 11 is 0. The van der Waals surface area contributed by atoms with E-state index in [0.717, 1.165) is 15.7 Å². The van der Waals surface area contributed by atoms with E-state index in [0.29, 0.717) is 6.07 Å². The number of hydrogen-bond acceptors (Lipinski definition) is 6. The van der Waals surface area contributed by atoms with Gasteiger partial charge in [0.25, 0.3) is 11.8 Å². The maximum absolute atomic E-state index is 15.7. The van der Waals surface area contributed by atoms with Gasteiger partial charge in [-0.25, -0.2) is 18.3 Å². The number of halogens is 5. The predicted molar refractivity (Wildman–Crippen MR) is 122 cm³/mol. The number of nitrogens with zero attached hydrogens (tertiary/aromatic N) is 4. The van der Waals surface area contributed by atoms with Crippen molar-refractivity contribution in [2.24, 2.45) is 0 Å². The molecule has 0 bridgehead atoms. The number of aromatic nitrogens is 3. The first-order valence-electron chi connectivity index (χ1n) is 11.1. The van der Waals surface area contributed by atoms with Gasteiger partial charge >= 0.3 is 6.18 Å². The highest BCUT2D eigenvalue weighted by Gasteiger charge is 2.41. The maximum atomic E-state index is 15.7. The van der Waals surface area contributed by atoms with Crippen molar-refractivity contribution in [1.29, 1.82) is 0 Å². The normalized spacial score (nSPS) is 18.5. The van der Waals surface area contributed by atoms with E-state index in [1.54, 1.807) is 0 Å². The lowest BCUT2D eigenvalue weighted by atomic mass is 10.0. The van der Waals surface area contributed by atoms with Gasteiger partial charge < -0.3 is 21.1 Å². The minimum Gasteiger partial charge on any atom is -0.382 e. The molecule has 4 N–H and O–H groups in total. The van der Waals surface area contributed by atoms with Crippen LogP contribution in [0.3, 0.4) is 0 Å². The molecule has 0 radical (unpaired) electrons. The van der Waals surface area contributed by atoms with Gasteiger partial charge in [0, 0.05) is 12.1 Å². The Balaban J connectivity index is 1.71. The zero-order valence-electron chi connectivity index (χ0n) is 19.9. The standard InChI is InChI=1S/C23H23F5N6O3/c1-10-4-5-11(15-6-12(23(26,27)28)18-19(29)30-9-31-34(15)18)17(25)16(10)20(35)32-14-8-33(7-13(14)24)21(36)22(2,3)37/h4-6,9,13-14,37H,7-8H2,1-3H3,(H,32,35)(H2,29,30,31)/t13-,14+/m0/s1. The molecule has 3 aromatic rings. The Morgan fingerprint density at radius 2 is 1.89 bits per heavy atom. The zero-order valence-corrected chi connectivity index (χ0v) is 19.9. The number of nitrogens with one attached hydrogen (secondary N) is 1. The van der Waals surface area contributed by atoms with Crippen molar-refractivity contribution in [3.8, 4) is 11.3 Å². The second-order valence-electron chi connectivity index (χ2n) is 9.33. The van der Waals surface area contributed by atoms with Crippen LogP contribution >= 0.6 is 0 Å². The van der Waals surface area contributed by atoms with Crippen LogP contribution in [0.4, 0.5) is 27.8 Å². The first kappa shape index (κ1) is 26.3. The number of carbonyl (C=O) groups is 2. The van der Waals surface area contributed by atoms with Gasteiger partial charge in [0.05, 0.1) is 29.4 Å². The molecule has 0 unspecified atom stereocenters. The fourth-order valence-electron chi connectivity index (χ4n) is 4.32. The predicted octanol–water partition coefficient (Wildman–Crippen LogP) is 2.49. The van der Waals surface area contributed by atoms with Gasteiger partial charge in [0.1, 0.15) is 29.4 Å². The van der Waals surface area contributed by atoms with Crippen molar-refractivity contribution in [3.63, 3.8) is 0 Å². The molecule has 1 aromatic carbocycles. The van der Waals surface area contributed by atoms with Crippen molar-refractivity contribution in [3.05, 3.63) is 47.0 Å². The number of rotatable bonds is 4. The highest BCUT2D eigenvalue weighted by molar-refractivity contribution is 5.98. The molecule has 4 rings (SSSR count). The van der Waals surface area contributed by atoms with Crippen LogP contribution in [0.1, 0.15) is 35.3 Å². The van der Waals surface area contributed by atoms with Gasteiger partial charge in [-0.05, 0) is 38.5 Å². The van der Waals surface area contributed by atoms with Crippen LogP contribution < -0.4 is 11.1 Å². The van der Waals surface area contributed by atoms with Crippen LogP contribution in [0.5, 0.6) is 0 Å². The van der Waals surface area contributed by atoms with Gasteiger partial charge in [-0.15, -0.1) is 0 Å². The lowest BCUT2D eigenvalue weighted by Gasteiger charge is -2.24. The van der Waals surface area contributed by atoms with E-state index in [9.17, 15) is 32.3 Å². The Bertz CT molecular complexity index is 1400. The van der Waals surface area contributed by atoms with Crippen molar-refractivity contribution in [2.75, 3.05) is 18.8 Å². The minimum absolute atomic E-state index is 0.141. The molecule has 1 aliphatic rings. The van der Waals surface area contributed by atoms with Crippen molar-refractivity contribution < 1.29 is 36.6 Å². The molecule has 1 saturated heterocycles. The third kappa shape index (κ3) is 4.68. The number of fused-ring (bicyclic) bond motifs is 1. The third-order valence-electron chi connectivity index (χ3n) is 6.12. The van der Waals surface area contributed by atoms with Gasteiger partial charge in [-0.1, -0.05) is 6.07 Å². The first-order valence-corrected chi connectivity index (χ1v) is 11.1. The zero-order chi connectivity index (χ0) is 27.4.